The van der Waals surface area contributed by atoms with Crippen LogP contribution in [0.4, 0.5) is 5.82 Å². The van der Waals surface area contributed by atoms with Gasteiger partial charge < -0.3 is 14.5 Å². The van der Waals surface area contributed by atoms with Gasteiger partial charge in [0, 0.05) is 44.4 Å². The predicted octanol–water partition coefficient (Wildman–Crippen LogP) is 1.90. The summed E-state index contributed by atoms with van der Waals surface area (Å²) in [6, 6.07) is 9.73. The Bertz CT molecular complexity index is 1010. The van der Waals surface area contributed by atoms with Crippen molar-refractivity contribution in [1.82, 2.24) is 24.5 Å². The molecule has 0 atom stereocenters. The second-order valence-corrected chi connectivity index (χ2v) is 7.25. The van der Waals surface area contributed by atoms with Crippen LogP contribution in [0.5, 0.6) is 5.75 Å². The van der Waals surface area contributed by atoms with Crippen molar-refractivity contribution in [2.24, 2.45) is 0 Å². The van der Waals surface area contributed by atoms with Gasteiger partial charge in [-0.3, -0.25) is 9.20 Å². The van der Waals surface area contributed by atoms with E-state index >= 15 is 0 Å². The van der Waals surface area contributed by atoms with Crippen LogP contribution >= 0.6 is 0 Å². The Labute approximate surface area is 170 Å². The van der Waals surface area contributed by atoms with E-state index in [4.69, 9.17) is 4.74 Å². The molecule has 4 rings (SSSR count). The minimum atomic E-state index is 0.152. The number of aromatic nitrogens is 4. The zero-order chi connectivity index (χ0) is 20.4. The summed E-state index contributed by atoms with van der Waals surface area (Å²) < 4.78 is 7.17. The quantitative estimate of drug-likeness (QED) is 0.658. The number of ether oxygens (including phenoxy) is 1. The monoisotopic (exact) mass is 394 g/mol. The van der Waals surface area contributed by atoms with E-state index < -0.39 is 0 Å². The molecule has 3 aromatic rings. The number of aryl methyl sites for hydroxylation is 2. The van der Waals surface area contributed by atoms with E-state index in [1.165, 1.54) is 0 Å². The van der Waals surface area contributed by atoms with E-state index in [9.17, 15) is 4.79 Å². The van der Waals surface area contributed by atoms with Gasteiger partial charge in [-0.1, -0.05) is 19.1 Å². The predicted molar refractivity (Wildman–Crippen MR) is 110 cm³/mol. The smallest absolute Gasteiger partial charge is 0.257 e. The number of nitrogens with zero attached hydrogens (tertiary/aromatic N) is 6. The fraction of sp³-hybridized carbons (Fsp3) is 0.429. The molecule has 0 N–H and O–H groups in total. The molecule has 29 heavy (non-hydrogen) atoms. The van der Waals surface area contributed by atoms with Crippen molar-refractivity contribution in [1.29, 1.82) is 0 Å². The van der Waals surface area contributed by atoms with Crippen molar-refractivity contribution in [2.75, 3.05) is 38.2 Å². The van der Waals surface area contributed by atoms with E-state index in [1.807, 2.05) is 33.6 Å². The second kappa shape index (κ2) is 8.06. The van der Waals surface area contributed by atoms with E-state index in [-0.39, 0.29) is 5.91 Å². The Kier molecular flexibility index (Phi) is 5.33. The minimum Gasteiger partial charge on any atom is -0.497 e. The van der Waals surface area contributed by atoms with Gasteiger partial charge in [-0.25, -0.2) is 0 Å². The topological polar surface area (TPSA) is 75.9 Å². The number of hydrogen-bond acceptors (Lipinski definition) is 6. The third-order valence-corrected chi connectivity index (χ3v) is 5.41. The highest BCUT2D eigenvalue weighted by molar-refractivity contribution is 5.79. The van der Waals surface area contributed by atoms with Crippen molar-refractivity contribution < 1.29 is 9.53 Å². The van der Waals surface area contributed by atoms with E-state index in [0.717, 1.165) is 48.2 Å². The molecule has 0 aliphatic carbocycles. The van der Waals surface area contributed by atoms with Gasteiger partial charge in [0.25, 0.3) is 5.78 Å². The molecule has 152 valence electrons. The molecule has 1 aliphatic heterocycles. The van der Waals surface area contributed by atoms with Crippen LogP contribution in [-0.4, -0.2) is 63.7 Å². The third kappa shape index (κ3) is 3.87. The Hall–Kier alpha value is -3.16. The molecule has 0 saturated carbocycles. The van der Waals surface area contributed by atoms with Gasteiger partial charge in [-0.15, -0.1) is 10.2 Å². The lowest BCUT2D eigenvalue weighted by atomic mass is 10.1. The Morgan fingerprint density at radius 2 is 1.83 bits per heavy atom. The van der Waals surface area contributed by atoms with Crippen LogP contribution in [0.1, 0.15) is 24.0 Å². The molecular weight excluding hydrogens is 368 g/mol. The summed E-state index contributed by atoms with van der Waals surface area (Å²) in [5, 5.41) is 8.43. The first-order chi connectivity index (χ1) is 14.1. The Morgan fingerprint density at radius 1 is 1.10 bits per heavy atom. The van der Waals surface area contributed by atoms with Crippen molar-refractivity contribution in [3.8, 4) is 5.75 Å². The van der Waals surface area contributed by atoms with Crippen LogP contribution in [0.2, 0.25) is 0 Å². The molecular formula is C21H26N6O2. The van der Waals surface area contributed by atoms with E-state index in [0.29, 0.717) is 25.3 Å². The van der Waals surface area contributed by atoms with Crippen molar-refractivity contribution in [3.05, 3.63) is 47.4 Å². The molecule has 0 radical (unpaired) electrons. The van der Waals surface area contributed by atoms with Crippen molar-refractivity contribution >= 4 is 17.5 Å². The summed E-state index contributed by atoms with van der Waals surface area (Å²) in [6.45, 7) is 7.00. The number of hydrogen-bond donors (Lipinski definition) is 0. The summed E-state index contributed by atoms with van der Waals surface area (Å²) in [7, 11) is 1.64. The highest BCUT2D eigenvalue weighted by atomic mass is 16.5. The molecule has 0 spiro atoms. The maximum Gasteiger partial charge on any atom is 0.257 e. The molecule has 1 aromatic carbocycles. The van der Waals surface area contributed by atoms with Crippen LogP contribution in [0.25, 0.3) is 5.78 Å². The third-order valence-electron chi connectivity index (χ3n) is 5.41. The maximum absolute atomic E-state index is 12.7. The molecule has 0 bridgehead atoms. The second-order valence-electron chi connectivity index (χ2n) is 7.25. The SMILES string of the molecule is CCc1nnc2nc(N3CCN(C(=O)Cc4ccc(OC)cc4)CC3)cc(C)n12. The number of fused-ring (bicyclic) bond motifs is 1. The standard InChI is InChI=1S/C21H26N6O2/c1-4-18-23-24-21-22-19(13-15(2)27(18)21)25-9-11-26(12-10-25)20(28)14-16-5-7-17(29-3)8-6-16/h5-8,13H,4,9-12,14H2,1-3H3. The number of piperazine rings is 1. The number of amides is 1. The number of anilines is 1. The molecule has 1 amide bonds. The van der Waals surface area contributed by atoms with Gasteiger partial charge >= 0.3 is 0 Å². The lowest BCUT2D eigenvalue weighted by Crippen LogP contribution is -2.49. The van der Waals surface area contributed by atoms with Crippen molar-refractivity contribution in [3.63, 3.8) is 0 Å². The molecule has 8 nitrogen and oxygen atoms in total. The van der Waals surface area contributed by atoms with Crippen LogP contribution < -0.4 is 9.64 Å². The summed E-state index contributed by atoms with van der Waals surface area (Å²) in [5.74, 6) is 3.40. The highest BCUT2D eigenvalue weighted by Gasteiger charge is 2.23. The average Bonchev–Trinajstić information content (AvgIpc) is 3.18. The molecule has 2 aromatic heterocycles. The Morgan fingerprint density at radius 3 is 2.48 bits per heavy atom. The van der Waals surface area contributed by atoms with Crippen molar-refractivity contribution in [2.45, 2.75) is 26.7 Å². The molecule has 8 heteroatoms. The number of benzene rings is 1. The first-order valence-corrected chi connectivity index (χ1v) is 9.96. The molecule has 1 saturated heterocycles. The summed E-state index contributed by atoms with van der Waals surface area (Å²) >= 11 is 0. The lowest BCUT2D eigenvalue weighted by Gasteiger charge is -2.35. The number of rotatable bonds is 5. The fourth-order valence-electron chi connectivity index (χ4n) is 3.73. The molecule has 0 unspecified atom stereocenters. The van der Waals surface area contributed by atoms with Gasteiger partial charge in [0.2, 0.25) is 5.91 Å². The summed E-state index contributed by atoms with van der Waals surface area (Å²) in [4.78, 5) is 21.5. The molecule has 1 aliphatic rings. The van der Waals surface area contributed by atoms with Gasteiger partial charge in [-0.05, 0) is 24.6 Å². The first-order valence-electron chi connectivity index (χ1n) is 9.96. The van der Waals surface area contributed by atoms with Gasteiger partial charge in [0.15, 0.2) is 0 Å². The number of carbonyl (C=O) groups is 1. The number of carbonyl (C=O) groups excluding carboxylic acids is 1. The van der Waals surface area contributed by atoms with E-state index in [2.05, 4.69) is 40.0 Å². The van der Waals surface area contributed by atoms with Crippen LogP contribution in [-0.2, 0) is 17.6 Å². The zero-order valence-electron chi connectivity index (χ0n) is 17.1. The Balaban J connectivity index is 1.40. The average molecular weight is 394 g/mol. The number of methoxy groups -OCH3 is 1. The zero-order valence-corrected chi connectivity index (χ0v) is 17.1. The lowest BCUT2D eigenvalue weighted by molar-refractivity contribution is -0.130. The summed E-state index contributed by atoms with van der Waals surface area (Å²) in [5.41, 5.74) is 2.07. The van der Waals surface area contributed by atoms with E-state index in [1.54, 1.807) is 7.11 Å². The molecule has 3 heterocycles. The normalized spacial score (nSPS) is 14.4. The molecule has 1 fully saturated rings. The maximum atomic E-state index is 12.7. The summed E-state index contributed by atoms with van der Waals surface area (Å²) in [6.07, 6.45) is 1.23. The first kappa shape index (κ1) is 19.2. The highest BCUT2D eigenvalue weighted by Crippen LogP contribution is 2.19. The van der Waals surface area contributed by atoms with Crippen LogP contribution in [0, 0.1) is 6.92 Å². The van der Waals surface area contributed by atoms with Crippen LogP contribution in [0.3, 0.4) is 0 Å². The van der Waals surface area contributed by atoms with Crippen LogP contribution in [0.15, 0.2) is 30.3 Å². The van der Waals surface area contributed by atoms with Gasteiger partial charge in [0.05, 0.1) is 13.5 Å². The minimum absolute atomic E-state index is 0.152. The fourth-order valence-corrected chi connectivity index (χ4v) is 3.73. The largest absolute Gasteiger partial charge is 0.497 e. The van der Waals surface area contributed by atoms with Gasteiger partial charge in [-0.2, -0.15) is 4.98 Å². The van der Waals surface area contributed by atoms with Gasteiger partial charge in [0.1, 0.15) is 17.4 Å².